The molecule has 174 valence electrons. The van der Waals surface area contributed by atoms with E-state index < -0.39 is 22.0 Å². The molecule has 4 aromatic carbocycles. The third kappa shape index (κ3) is 5.62. The lowest BCUT2D eigenvalue weighted by Crippen LogP contribution is -2.45. The van der Waals surface area contributed by atoms with Gasteiger partial charge in [-0.2, -0.15) is 4.72 Å². The molecule has 0 spiro atoms. The predicted molar refractivity (Wildman–Crippen MR) is 134 cm³/mol. The Hall–Kier alpha value is -3.68. The third-order valence-electron chi connectivity index (χ3n) is 5.39. The van der Waals surface area contributed by atoms with Crippen LogP contribution < -0.4 is 14.8 Å². The standard InChI is InChI=1S/C27H26N2O4S/c1-2-33-22-15-17-23(18-16-22)34(31,32)29-26(19-20-9-4-3-5-10-20)27(30)28-25-14-8-12-21-11-6-7-13-24(21)25/h3-18,26,29H,2,19H2,1H3,(H,28,30)/t26-/m0/s1. The Morgan fingerprint density at radius 2 is 1.53 bits per heavy atom. The fourth-order valence-corrected chi connectivity index (χ4v) is 4.92. The highest BCUT2D eigenvalue weighted by molar-refractivity contribution is 7.89. The zero-order chi connectivity index (χ0) is 24.0. The number of ether oxygens (including phenoxy) is 1. The van der Waals surface area contributed by atoms with Crippen LogP contribution in [0.1, 0.15) is 12.5 Å². The molecule has 4 rings (SSSR count). The van der Waals surface area contributed by atoms with Crippen LogP contribution in [0.15, 0.2) is 102 Å². The van der Waals surface area contributed by atoms with Crippen LogP contribution in [0, 0.1) is 0 Å². The first-order chi connectivity index (χ1) is 16.5. The van der Waals surface area contributed by atoms with E-state index in [1.54, 1.807) is 18.2 Å². The molecule has 1 amide bonds. The van der Waals surface area contributed by atoms with Crippen molar-refractivity contribution in [2.24, 2.45) is 0 Å². The summed E-state index contributed by atoms with van der Waals surface area (Å²) in [5.74, 6) is 0.144. The van der Waals surface area contributed by atoms with Crippen molar-refractivity contribution < 1.29 is 17.9 Å². The van der Waals surface area contributed by atoms with Gasteiger partial charge in [0, 0.05) is 11.1 Å². The number of carbonyl (C=O) groups is 1. The van der Waals surface area contributed by atoms with Crippen molar-refractivity contribution in [2.75, 3.05) is 11.9 Å². The van der Waals surface area contributed by atoms with Crippen molar-refractivity contribution in [3.8, 4) is 5.75 Å². The lowest BCUT2D eigenvalue weighted by Gasteiger charge is -2.19. The molecule has 0 aliphatic heterocycles. The molecule has 2 N–H and O–H groups in total. The Kier molecular flexibility index (Phi) is 7.25. The summed E-state index contributed by atoms with van der Waals surface area (Å²) < 4.78 is 34.3. The number of amides is 1. The maximum atomic E-state index is 13.4. The molecule has 6 nitrogen and oxygen atoms in total. The van der Waals surface area contributed by atoms with Gasteiger partial charge in [0.05, 0.1) is 11.5 Å². The largest absolute Gasteiger partial charge is 0.494 e. The Morgan fingerprint density at radius 3 is 2.26 bits per heavy atom. The highest BCUT2D eigenvalue weighted by Crippen LogP contribution is 2.24. The molecule has 34 heavy (non-hydrogen) atoms. The summed E-state index contributed by atoms with van der Waals surface area (Å²) in [7, 11) is -3.96. The molecule has 7 heteroatoms. The lowest BCUT2D eigenvalue weighted by atomic mass is 10.1. The van der Waals surface area contributed by atoms with E-state index in [2.05, 4.69) is 10.0 Å². The van der Waals surface area contributed by atoms with Crippen LogP contribution in [0.4, 0.5) is 5.69 Å². The van der Waals surface area contributed by atoms with Crippen molar-refractivity contribution in [1.82, 2.24) is 4.72 Å². The molecule has 0 aromatic heterocycles. The van der Waals surface area contributed by atoms with Crippen LogP contribution in [0.25, 0.3) is 10.8 Å². The monoisotopic (exact) mass is 474 g/mol. The predicted octanol–water partition coefficient (Wildman–Crippen LogP) is 4.77. The molecular weight excluding hydrogens is 448 g/mol. The summed E-state index contributed by atoms with van der Waals surface area (Å²) in [6.07, 6.45) is 0.202. The Bertz CT molecular complexity index is 1370. The van der Waals surface area contributed by atoms with Crippen LogP contribution in [0.2, 0.25) is 0 Å². The summed E-state index contributed by atoms with van der Waals surface area (Å²) in [5, 5.41) is 4.78. The van der Waals surface area contributed by atoms with Gasteiger partial charge in [0.1, 0.15) is 11.8 Å². The van der Waals surface area contributed by atoms with E-state index in [1.807, 2.05) is 73.7 Å². The number of anilines is 1. The van der Waals surface area contributed by atoms with E-state index in [-0.39, 0.29) is 11.3 Å². The van der Waals surface area contributed by atoms with Crippen molar-refractivity contribution in [3.05, 3.63) is 103 Å². The van der Waals surface area contributed by atoms with E-state index in [9.17, 15) is 13.2 Å². The molecule has 0 unspecified atom stereocenters. The van der Waals surface area contributed by atoms with Crippen LogP contribution in [0.3, 0.4) is 0 Å². The van der Waals surface area contributed by atoms with Crippen molar-refractivity contribution in [3.63, 3.8) is 0 Å². The third-order valence-corrected chi connectivity index (χ3v) is 6.88. The van der Waals surface area contributed by atoms with Gasteiger partial charge in [-0.05, 0) is 54.6 Å². The number of nitrogens with one attached hydrogen (secondary N) is 2. The minimum atomic E-state index is -3.96. The smallest absolute Gasteiger partial charge is 0.242 e. The first-order valence-electron chi connectivity index (χ1n) is 11.0. The number of benzene rings is 4. The summed E-state index contributed by atoms with van der Waals surface area (Å²) in [6.45, 7) is 2.34. The molecule has 0 bridgehead atoms. The lowest BCUT2D eigenvalue weighted by molar-refractivity contribution is -0.117. The van der Waals surface area contributed by atoms with Crippen molar-refractivity contribution in [2.45, 2.75) is 24.3 Å². The number of rotatable bonds is 9. The van der Waals surface area contributed by atoms with Gasteiger partial charge in [0.15, 0.2) is 0 Å². The maximum Gasteiger partial charge on any atom is 0.242 e. The van der Waals surface area contributed by atoms with Gasteiger partial charge in [-0.1, -0.05) is 66.7 Å². The number of fused-ring (bicyclic) bond motifs is 1. The van der Waals surface area contributed by atoms with Crippen LogP contribution in [-0.4, -0.2) is 27.0 Å². The highest BCUT2D eigenvalue weighted by Gasteiger charge is 2.26. The molecule has 0 heterocycles. The molecule has 1 atom stereocenters. The van der Waals surface area contributed by atoms with E-state index in [0.717, 1.165) is 16.3 Å². The average molecular weight is 475 g/mol. The van der Waals surface area contributed by atoms with Gasteiger partial charge in [-0.3, -0.25) is 4.79 Å². The molecule has 0 aliphatic rings. The summed E-state index contributed by atoms with van der Waals surface area (Å²) in [4.78, 5) is 13.4. The van der Waals surface area contributed by atoms with E-state index in [0.29, 0.717) is 18.0 Å². The Balaban J connectivity index is 1.61. The molecule has 0 fully saturated rings. The fourth-order valence-electron chi connectivity index (χ4n) is 3.73. The van der Waals surface area contributed by atoms with Gasteiger partial charge in [0.25, 0.3) is 0 Å². The summed E-state index contributed by atoms with van der Waals surface area (Å²) in [6, 6.07) is 27.8. The second kappa shape index (κ2) is 10.5. The molecule has 0 saturated heterocycles. The van der Waals surface area contributed by atoms with E-state index >= 15 is 0 Å². The Labute approximate surface area is 199 Å². The second-order valence-electron chi connectivity index (χ2n) is 7.78. The quantitative estimate of drug-likeness (QED) is 0.366. The normalized spacial score (nSPS) is 12.3. The average Bonchev–Trinajstić information content (AvgIpc) is 2.85. The Morgan fingerprint density at radius 1 is 0.853 bits per heavy atom. The van der Waals surface area contributed by atoms with Crippen molar-refractivity contribution >= 4 is 32.4 Å². The van der Waals surface area contributed by atoms with E-state index in [4.69, 9.17) is 4.74 Å². The van der Waals surface area contributed by atoms with Crippen LogP contribution in [-0.2, 0) is 21.2 Å². The minimum Gasteiger partial charge on any atom is -0.494 e. The van der Waals surface area contributed by atoms with Gasteiger partial charge in [0.2, 0.25) is 15.9 Å². The molecule has 0 saturated carbocycles. The van der Waals surface area contributed by atoms with Crippen LogP contribution in [0.5, 0.6) is 5.75 Å². The van der Waals surface area contributed by atoms with Gasteiger partial charge >= 0.3 is 0 Å². The highest BCUT2D eigenvalue weighted by atomic mass is 32.2. The van der Waals surface area contributed by atoms with E-state index in [1.165, 1.54) is 12.1 Å². The molecule has 0 radical (unpaired) electrons. The zero-order valence-corrected chi connectivity index (χ0v) is 19.6. The summed E-state index contributed by atoms with van der Waals surface area (Å²) >= 11 is 0. The van der Waals surface area contributed by atoms with Gasteiger partial charge in [-0.25, -0.2) is 8.42 Å². The van der Waals surface area contributed by atoms with Crippen LogP contribution >= 0.6 is 0 Å². The minimum absolute atomic E-state index is 0.0620. The second-order valence-corrected chi connectivity index (χ2v) is 9.50. The SMILES string of the molecule is CCOc1ccc(S(=O)(=O)N[C@@H](Cc2ccccc2)C(=O)Nc2cccc3ccccc23)cc1. The maximum absolute atomic E-state index is 13.4. The molecule has 0 aliphatic carbocycles. The number of carbonyl (C=O) groups excluding carboxylic acids is 1. The fraction of sp³-hybridized carbons (Fsp3) is 0.148. The molecule has 4 aromatic rings. The zero-order valence-electron chi connectivity index (χ0n) is 18.8. The van der Waals surface area contributed by atoms with Crippen molar-refractivity contribution in [1.29, 1.82) is 0 Å². The first kappa shape index (κ1) is 23.5. The topological polar surface area (TPSA) is 84.5 Å². The van der Waals surface area contributed by atoms with Gasteiger partial charge < -0.3 is 10.1 Å². The van der Waals surface area contributed by atoms with Gasteiger partial charge in [-0.15, -0.1) is 0 Å². The number of hydrogen-bond donors (Lipinski definition) is 2. The summed E-state index contributed by atoms with van der Waals surface area (Å²) in [5.41, 5.74) is 1.47. The number of sulfonamides is 1. The molecular formula is C27H26N2O4S. The number of hydrogen-bond acceptors (Lipinski definition) is 4. The first-order valence-corrected chi connectivity index (χ1v) is 12.5.